The molecule has 0 spiro atoms. The summed E-state index contributed by atoms with van der Waals surface area (Å²) in [4.78, 5) is 36.3. The molecule has 0 amide bonds. The van der Waals surface area contributed by atoms with E-state index in [9.17, 15) is 19.7 Å². The number of para-hydroxylation sites is 1. The van der Waals surface area contributed by atoms with Crippen LogP contribution in [0.4, 0.5) is 0 Å². The van der Waals surface area contributed by atoms with Gasteiger partial charge in [-0.1, -0.05) is 105 Å². The third-order valence-electron chi connectivity index (χ3n) is 7.44. The molecule has 1 aliphatic rings. The van der Waals surface area contributed by atoms with Gasteiger partial charge in [-0.3, -0.25) is 14.9 Å². The van der Waals surface area contributed by atoms with Crippen molar-refractivity contribution in [3.05, 3.63) is 98.5 Å². The summed E-state index contributed by atoms with van der Waals surface area (Å²) in [5.41, 5.74) is 2.58. The molecular formula is C34H44N2O6S. The number of nitro groups is 1. The van der Waals surface area contributed by atoms with E-state index in [2.05, 4.69) is 5.32 Å². The quantitative estimate of drug-likeness (QED) is 0.0783. The Bertz CT molecular complexity index is 1290. The highest BCUT2D eigenvalue weighted by molar-refractivity contribution is 8.13. The molecule has 0 aliphatic carbocycles. The molecule has 43 heavy (non-hydrogen) atoms. The van der Waals surface area contributed by atoms with Crippen LogP contribution in [0.2, 0.25) is 0 Å². The number of carbonyl (C=O) groups is 2. The molecule has 1 N–H and O–H groups in total. The van der Waals surface area contributed by atoms with Crippen LogP contribution < -0.4 is 10.1 Å². The number of nitrogens with zero attached hydrogens (tertiary/aromatic N) is 1. The smallest absolute Gasteiger partial charge is 0.336 e. The van der Waals surface area contributed by atoms with Gasteiger partial charge in [-0.15, -0.1) is 0 Å². The van der Waals surface area contributed by atoms with Gasteiger partial charge in [0.25, 0.3) is 5.70 Å². The normalized spacial score (nSPS) is 14.8. The summed E-state index contributed by atoms with van der Waals surface area (Å²) < 4.78 is 11.8. The van der Waals surface area contributed by atoms with Crippen LogP contribution in [-0.2, 0) is 20.9 Å². The van der Waals surface area contributed by atoms with Crippen LogP contribution in [-0.4, -0.2) is 28.4 Å². The highest BCUT2D eigenvalue weighted by Gasteiger charge is 2.42. The lowest BCUT2D eigenvalue weighted by Crippen LogP contribution is -2.32. The first kappa shape index (κ1) is 33.9. The fourth-order valence-electron chi connectivity index (χ4n) is 5.28. The minimum Gasteiger partial charge on any atom is -0.489 e. The first-order valence-corrected chi connectivity index (χ1v) is 16.2. The molecule has 1 atom stereocenters. The number of esters is 1. The van der Waals surface area contributed by atoms with Crippen molar-refractivity contribution in [3.63, 3.8) is 0 Å². The van der Waals surface area contributed by atoms with Gasteiger partial charge < -0.3 is 14.8 Å². The van der Waals surface area contributed by atoms with E-state index in [0.717, 1.165) is 49.8 Å². The minimum absolute atomic E-state index is 0.0917. The second kappa shape index (κ2) is 18.2. The van der Waals surface area contributed by atoms with Gasteiger partial charge in [0.15, 0.2) is 5.12 Å². The highest BCUT2D eigenvalue weighted by Crippen LogP contribution is 2.42. The van der Waals surface area contributed by atoms with Crippen molar-refractivity contribution in [2.75, 3.05) is 12.4 Å². The standard InChI is InChI=1S/C34H44N2O6S/c1-25-31(34(38)41-22-16-9-7-5-4-6-8-10-17-23-43-27(3)37)32(33(36(39)40)26(2)35-25)29-20-14-15-21-30(29)42-24-28-18-12-11-13-19-28/h11-15,18-21,32,35H,4-10,16-17,22-24H2,1-3H3. The molecule has 0 aromatic heterocycles. The van der Waals surface area contributed by atoms with Crippen LogP contribution in [0.25, 0.3) is 0 Å². The van der Waals surface area contributed by atoms with E-state index in [1.165, 1.54) is 31.0 Å². The Labute approximate surface area is 259 Å². The maximum Gasteiger partial charge on any atom is 0.336 e. The molecule has 1 unspecified atom stereocenters. The van der Waals surface area contributed by atoms with Gasteiger partial charge >= 0.3 is 5.97 Å². The maximum atomic E-state index is 13.5. The SMILES string of the molecule is CC(=O)SCCCCCCCCCCCOC(=O)C1=C(C)NC(C)=C([N+](=O)[O-])C1c1ccccc1OCc1ccccc1. The van der Waals surface area contributed by atoms with E-state index in [4.69, 9.17) is 9.47 Å². The average Bonchev–Trinajstić information content (AvgIpc) is 2.98. The van der Waals surface area contributed by atoms with Gasteiger partial charge in [-0.25, -0.2) is 4.79 Å². The fourth-order valence-corrected chi connectivity index (χ4v) is 5.92. The Hall–Kier alpha value is -3.59. The largest absolute Gasteiger partial charge is 0.489 e. The minimum atomic E-state index is -0.934. The lowest BCUT2D eigenvalue weighted by molar-refractivity contribution is -0.431. The summed E-state index contributed by atoms with van der Waals surface area (Å²) in [5.74, 6) is -0.0862. The lowest BCUT2D eigenvalue weighted by atomic mass is 9.83. The summed E-state index contributed by atoms with van der Waals surface area (Å²) >= 11 is 1.40. The number of allylic oxidation sites excluding steroid dienone is 3. The number of unbranched alkanes of at least 4 members (excludes halogenated alkanes) is 8. The van der Waals surface area contributed by atoms with Crippen LogP contribution >= 0.6 is 11.8 Å². The molecule has 232 valence electrons. The molecule has 9 heteroatoms. The number of benzene rings is 2. The van der Waals surface area contributed by atoms with Gasteiger partial charge in [0.2, 0.25) is 0 Å². The van der Waals surface area contributed by atoms with Crippen molar-refractivity contribution in [3.8, 4) is 5.75 Å². The topological polar surface area (TPSA) is 108 Å². The summed E-state index contributed by atoms with van der Waals surface area (Å²) in [7, 11) is 0. The molecule has 0 radical (unpaired) electrons. The van der Waals surface area contributed by atoms with Crippen LogP contribution in [0.3, 0.4) is 0 Å². The van der Waals surface area contributed by atoms with Crippen LogP contribution in [0, 0.1) is 10.1 Å². The van der Waals surface area contributed by atoms with E-state index in [0.29, 0.717) is 29.3 Å². The predicted molar refractivity (Wildman–Crippen MR) is 171 cm³/mol. The zero-order chi connectivity index (χ0) is 31.0. The van der Waals surface area contributed by atoms with Crippen molar-refractivity contribution in [1.82, 2.24) is 5.32 Å². The van der Waals surface area contributed by atoms with Crippen molar-refractivity contribution in [2.45, 2.75) is 91.1 Å². The number of dihydropyridines is 1. The van der Waals surface area contributed by atoms with Gasteiger partial charge in [0, 0.05) is 23.9 Å². The molecular weight excluding hydrogens is 564 g/mol. The van der Waals surface area contributed by atoms with Gasteiger partial charge in [0.1, 0.15) is 18.3 Å². The Morgan fingerprint density at radius 1 is 0.860 bits per heavy atom. The molecule has 2 aromatic rings. The number of carbonyl (C=O) groups excluding carboxylic acids is 2. The Kier molecular flexibility index (Phi) is 14.3. The van der Waals surface area contributed by atoms with Crippen molar-refractivity contribution < 1.29 is 24.0 Å². The number of nitrogens with one attached hydrogen (secondary N) is 1. The van der Waals surface area contributed by atoms with E-state index in [1.807, 2.05) is 36.4 Å². The monoisotopic (exact) mass is 608 g/mol. The summed E-state index contributed by atoms with van der Waals surface area (Å²) in [6, 6.07) is 16.9. The van der Waals surface area contributed by atoms with Crippen molar-refractivity contribution in [1.29, 1.82) is 0 Å². The first-order chi connectivity index (χ1) is 20.8. The third-order valence-corrected chi connectivity index (χ3v) is 8.34. The van der Waals surface area contributed by atoms with E-state index < -0.39 is 16.8 Å². The van der Waals surface area contributed by atoms with Gasteiger partial charge in [-0.2, -0.15) is 0 Å². The molecule has 0 bridgehead atoms. The zero-order valence-electron chi connectivity index (χ0n) is 25.6. The average molecular weight is 609 g/mol. The number of thioether (sulfide) groups is 1. The molecule has 0 saturated carbocycles. The van der Waals surface area contributed by atoms with E-state index in [-0.39, 0.29) is 23.0 Å². The number of ether oxygens (including phenoxy) is 2. The molecule has 1 heterocycles. The Morgan fingerprint density at radius 2 is 1.47 bits per heavy atom. The van der Waals surface area contributed by atoms with E-state index in [1.54, 1.807) is 39.0 Å². The second-order valence-corrected chi connectivity index (χ2v) is 12.1. The van der Waals surface area contributed by atoms with Gasteiger partial charge in [-0.05, 0) is 38.3 Å². The van der Waals surface area contributed by atoms with Crippen LogP contribution in [0.5, 0.6) is 5.75 Å². The summed E-state index contributed by atoms with van der Waals surface area (Å²) in [5, 5.41) is 15.5. The highest BCUT2D eigenvalue weighted by atomic mass is 32.2. The Morgan fingerprint density at radius 3 is 2.12 bits per heavy atom. The second-order valence-electron chi connectivity index (χ2n) is 10.8. The molecule has 0 saturated heterocycles. The van der Waals surface area contributed by atoms with Crippen molar-refractivity contribution >= 4 is 22.8 Å². The van der Waals surface area contributed by atoms with Gasteiger partial charge in [0.05, 0.1) is 22.8 Å². The molecule has 0 fully saturated rings. The molecule has 3 rings (SSSR count). The fraction of sp³-hybridized carbons (Fsp3) is 0.471. The zero-order valence-corrected chi connectivity index (χ0v) is 26.4. The van der Waals surface area contributed by atoms with E-state index >= 15 is 0 Å². The first-order valence-electron chi connectivity index (χ1n) is 15.2. The predicted octanol–water partition coefficient (Wildman–Crippen LogP) is 8.07. The molecule has 8 nitrogen and oxygen atoms in total. The van der Waals surface area contributed by atoms with Crippen LogP contribution in [0.1, 0.15) is 95.6 Å². The van der Waals surface area contributed by atoms with Crippen LogP contribution in [0.15, 0.2) is 77.3 Å². The van der Waals surface area contributed by atoms with Crippen molar-refractivity contribution in [2.24, 2.45) is 0 Å². The maximum absolute atomic E-state index is 13.5. The third kappa shape index (κ3) is 10.9. The number of hydrogen-bond acceptors (Lipinski definition) is 8. The summed E-state index contributed by atoms with van der Waals surface area (Å²) in [6.45, 7) is 5.57. The molecule has 1 aliphatic heterocycles. The molecule has 2 aromatic carbocycles. The lowest BCUT2D eigenvalue weighted by Gasteiger charge is -2.27. The number of hydrogen-bond donors (Lipinski definition) is 1. The Balaban J connectivity index is 1.56. The number of rotatable bonds is 18. The summed E-state index contributed by atoms with van der Waals surface area (Å²) in [6.07, 6.45) is 9.74.